The number of aryl methyl sites for hydroxylation is 1. The molecule has 4 nitrogen and oxygen atoms in total. The number of nitrogens with one attached hydrogen (secondary N) is 1. The Bertz CT molecular complexity index is 839. The zero-order chi connectivity index (χ0) is 15.0. The van der Waals surface area contributed by atoms with Gasteiger partial charge in [0.15, 0.2) is 0 Å². The predicted molar refractivity (Wildman–Crippen MR) is 84.9 cm³/mol. The molecule has 0 aliphatic heterocycles. The van der Waals surface area contributed by atoms with Gasteiger partial charge in [0.1, 0.15) is 0 Å². The molecule has 0 aliphatic rings. The van der Waals surface area contributed by atoms with Gasteiger partial charge in [0.05, 0.1) is 17.4 Å². The average Bonchev–Trinajstić information content (AvgIpc) is 2.85. The molecule has 0 unspecified atom stereocenters. The fraction of sp³-hybridized carbons (Fsp3) is 0.125. The van der Waals surface area contributed by atoms with Crippen LogP contribution in [0.4, 0.5) is 5.69 Å². The zero-order valence-corrected chi connectivity index (χ0v) is 12.5. The minimum absolute atomic E-state index is 0.173. The Morgan fingerprint density at radius 2 is 2.10 bits per heavy atom. The smallest absolute Gasteiger partial charge is 0.255 e. The summed E-state index contributed by atoms with van der Waals surface area (Å²) in [4.78, 5) is 16.6. The van der Waals surface area contributed by atoms with Gasteiger partial charge in [-0.3, -0.25) is 4.79 Å². The van der Waals surface area contributed by atoms with Crippen molar-refractivity contribution in [2.45, 2.75) is 6.92 Å². The van der Waals surface area contributed by atoms with Crippen LogP contribution in [0.3, 0.4) is 0 Å². The monoisotopic (exact) mass is 299 g/mol. The first-order valence-corrected chi connectivity index (χ1v) is 6.91. The Kier molecular flexibility index (Phi) is 3.39. The third-order valence-corrected chi connectivity index (χ3v) is 3.91. The summed E-state index contributed by atoms with van der Waals surface area (Å²) in [6.45, 7) is 1.87. The zero-order valence-electron chi connectivity index (χ0n) is 11.7. The van der Waals surface area contributed by atoms with Crippen LogP contribution in [0, 0.1) is 6.92 Å². The van der Waals surface area contributed by atoms with Crippen LogP contribution in [0.15, 0.2) is 42.7 Å². The average molecular weight is 300 g/mol. The van der Waals surface area contributed by atoms with Crippen molar-refractivity contribution in [1.29, 1.82) is 0 Å². The van der Waals surface area contributed by atoms with Crippen molar-refractivity contribution in [3.05, 3.63) is 58.9 Å². The summed E-state index contributed by atoms with van der Waals surface area (Å²) in [6, 6.07) is 10.9. The second-order valence-electron chi connectivity index (χ2n) is 4.93. The number of hydrogen-bond donors (Lipinski definition) is 1. The van der Waals surface area contributed by atoms with Crippen LogP contribution in [0.2, 0.25) is 5.02 Å². The standard InChI is InChI=1S/C16H14ClN3O/c1-10-12(17)4-3-5-13(10)19-16(21)11-6-7-15-14(8-11)18-9-20(15)2/h3-9H,1-2H3,(H,19,21). The van der Waals surface area contributed by atoms with E-state index in [2.05, 4.69) is 10.3 Å². The number of anilines is 1. The molecule has 1 amide bonds. The molecule has 21 heavy (non-hydrogen) atoms. The van der Waals surface area contributed by atoms with Gasteiger partial charge in [-0.15, -0.1) is 0 Å². The summed E-state index contributed by atoms with van der Waals surface area (Å²) in [5, 5.41) is 3.51. The first kappa shape index (κ1) is 13.6. The lowest BCUT2D eigenvalue weighted by molar-refractivity contribution is 0.102. The van der Waals surface area contributed by atoms with Gasteiger partial charge in [-0.05, 0) is 42.8 Å². The Labute approximate surface area is 127 Å². The van der Waals surface area contributed by atoms with Crippen molar-refractivity contribution in [2.24, 2.45) is 7.05 Å². The first-order chi connectivity index (χ1) is 10.1. The first-order valence-electron chi connectivity index (χ1n) is 6.54. The molecule has 0 radical (unpaired) electrons. The second-order valence-corrected chi connectivity index (χ2v) is 5.33. The van der Waals surface area contributed by atoms with Gasteiger partial charge >= 0.3 is 0 Å². The minimum atomic E-state index is -0.173. The number of nitrogens with zero attached hydrogens (tertiary/aromatic N) is 2. The minimum Gasteiger partial charge on any atom is -0.334 e. The van der Waals surface area contributed by atoms with Crippen LogP contribution in [-0.2, 0) is 7.05 Å². The molecule has 0 saturated carbocycles. The van der Waals surface area contributed by atoms with Gasteiger partial charge < -0.3 is 9.88 Å². The van der Waals surface area contributed by atoms with Crippen molar-refractivity contribution < 1.29 is 4.79 Å². The Balaban J connectivity index is 1.91. The number of amides is 1. The molecule has 0 saturated heterocycles. The molecule has 0 atom stereocenters. The SMILES string of the molecule is Cc1c(Cl)cccc1NC(=O)c1ccc2c(c1)ncn2C. The van der Waals surface area contributed by atoms with Crippen LogP contribution in [-0.4, -0.2) is 15.5 Å². The molecule has 0 aliphatic carbocycles. The number of halogens is 1. The summed E-state index contributed by atoms with van der Waals surface area (Å²) >= 11 is 6.06. The molecule has 1 heterocycles. The number of aromatic nitrogens is 2. The van der Waals surface area contributed by atoms with Crippen LogP contribution in [0.25, 0.3) is 11.0 Å². The lowest BCUT2D eigenvalue weighted by Crippen LogP contribution is -2.12. The number of carbonyl (C=O) groups is 1. The maximum absolute atomic E-state index is 12.3. The Morgan fingerprint density at radius 3 is 2.90 bits per heavy atom. The van der Waals surface area contributed by atoms with Crippen molar-refractivity contribution in [3.63, 3.8) is 0 Å². The predicted octanol–water partition coefficient (Wildman–Crippen LogP) is 3.79. The lowest BCUT2D eigenvalue weighted by Gasteiger charge is -2.09. The largest absolute Gasteiger partial charge is 0.334 e. The van der Waals surface area contributed by atoms with E-state index in [1.807, 2.05) is 36.7 Å². The van der Waals surface area contributed by atoms with E-state index in [4.69, 9.17) is 11.6 Å². The third-order valence-electron chi connectivity index (χ3n) is 3.50. The number of fused-ring (bicyclic) bond motifs is 1. The van der Waals surface area contributed by atoms with Gasteiger partial charge in [-0.2, -0.15) is 0 Å². The molecule has 0 spiro atoms. The summed E-state index contributed by atoms with van der Waals surface area (Å²) in [5.41, 5.74) is 3.93. The normalized spacial score (nSPS) is 10.8. The highest BCUT2D eigenvalue weighted by Gasteiger charge is 2.10. The van der Waals surface area contributed by atoms with Gasteiger partial charge in [0, 0.05) is 23.3 Å². The van der Waals surface area contributed by atoms with Crippen LogP contribution in [0.1, 0.15) is 15.9 Å². The maximum atomic E-state index is 12.3. The van der Waals surface area contributed by atoms with E-state index < -0.39 is 0 Å². The van der Waals surface area contributed by atoms with Crippen molar-refractivity contribution in [1.82, 2.24) is 9.55 Å². The molecule has 106 valence electrons. The van der Waals surface area contributed by atoms with E-state index >= 15 is 0 Å². The number of rotatable bonds is 2. The fourth-order valence-electron chi connectivity index (χ4n) is 2.21. The Morgan fingerprint density at radius 1 is 1.29 bits per heavy atom. The van der Waals surface area contributed by atoms with Gasteiger partial charge in [-0.1, -0.05) is 17.7 Å². The summed E-state index contributed by atoms with van der Waals surface area (Å²) < 4.78 is 1.91. The maximum Gasteiger partial charge on any atom is 0.255 e. The van der Waals surface area contributed by atoms with Crippen molar-refractivity contribution in [2.75, 3.05) is 5.32 Å². The van der Waals surface area contributed by atoms with Gasteiger partial charge in [0.2, 0.25) is 0 Å². The quantitative estimate of drug-likeness (QED) is 0.782. The third kappa shape index (κ3) is 2.50. The van der Waals surface area contributed by atoms with E-state index in [1.165, 1.54) is 0 Å². The van der Waals surface area contributed by atoms with E-state index in [0.717, 1.165) is 16.6 Å². The summed E-state index contributed by atoms with van der Waals surface area (Å²) in [6.07, 6.45) is 1.73. The molecule has 0 fully saturated rings. The molecule has 5 heteroatoms. The second kappa shape index (κ2) is 5.22. The topological polar surface area (TPSA) is 46.9 Å². The highest BCUT2D eigenvalue weighted by molar-refractivity contribution is 6.31. The number of carbonyl (C=O) groups excluding carboxylic acids is 1. The van der Waals surface area contributed by atoms with Crippen LogP contribution < -0.4 is 5.32 Å². The molecular weight excluding hydrogens is 286 g/mol. The summed E-state index contributed by atoms with van der Waals surface area (Å²) in [7, 11) is 1.92. The van der Waals surface area contributed by atoms with Gasteiger partial charge in [0.25, 0.3) is 5.91 Å². The van der Waals surface area contributed by atoms with Gasteiger partial charge in [-0.25, -0.2) is 4.98 Å². The highest BCUT2D eigenvalue weighted by atomic mass is 35.5. The molecule has 3 rings (SSSR count). The number of imidazole rings is 1. The lowest BCUT2D eigenvalue weighted by atomic mass is 10.1. The Hall–Kier alpha value is -2.33. The van der Waals surface area contributed by atoms with E-state index in [-0.39, 0.29) is 5.91 Å². The summed E-state index contributed by atoms with van der Waals surface area (Å²) in [5.74, 6) is -0.173. The fourth-order valence-corrected chi connectivity index (χ4v) is 2.39. The molecular formula is C16H14ClN3O. The molecule has 0 bridgehead atoms. The molecule has 1 aromatic heterocycles. The van der Waals surface area contributed by atoms with E-state index in [9.17, 15) is 4.79 Å². The molecule has 3 aromatic rings. The number of hydrogen-bond acceptors (Lipinski definition) is 2. The van der Waals surface area contributed by atoms with E-state index in [1.54, 1.807) is 24.5 Å². The number of benzene rings is 2. The highest BCUT2D eigenvalue weighted by Crippen LogP contribution is 2.23. The van der Waals surface area contributed by atoms with Crippen molar-refractivity contribution in [3.8, 4) is 0 Å². The molecule has 1 N–H and O–H groups in total. The van der Waals surface area contributed by atoms with Crippen molar-refractivity contribution >= 4 is 34.2 Å². The molecule has 2 aromatic carbocycles. The van der Waals surface area contributed by atoms with E-state index in [0.29, 0.717) is 16.3 Å². The van der Waals surface area contributed by atoms with Crippen LogP contribution >= 0.6 is 11.6 Å². The van der Waals surface area contributed by atoms with Crippen LogP contribution in [0.5, 0.6) is 0 Å².